The molecule has 0 radical (unpaired) electrons. The number of aromatic nitrogens is 2. The molecule has 1 aliphatic heterocycles. The second-order valence-electron chi connectivity index (χ2n) is 14.6. The molecule has 0 amide bonds. The van der Waals surface area contributed by atoms with Crippen LogP contribution in [0.4, 0.5) is 5.69 Å². The molecule has 2 aromatic heterocycles. The van der Waals surface area contributed by atoms with E-state index < -0.39 is 89.6 Å². The summed E-state index contributed by atoms with van der Waals surface area (Å²) in [6.07, 6.45) is -0.679. The van der Waals surface area contributed by atoms with E-state index in [-0.39, 0.29) is 28.9 Å². The Balaban J connectivity index is 1.58. The molecular weight excluding hydrogens is 747 g/mol. The van der Waals surface area contributed by atoms with E-state index in [2.05, 4.69) is 16.4 Å². The fourth-order valence-electron chi connectivity index (χ4n) is 5.60. The highest BCUT2D eigenvalue weighted by atomic mass is 35.5. The summed E-state index contributed by atoms with van der Waals surface area (Å²) in [4.78, 5) is 40.3. The van der Waals surface area contributed by atoms with Crippen molar-refractivity contribution in [1.29, 1.82) is 5.26 Å². The van der Waals surface area contributed by atoms with E-state index in [4.69, 9.17) is 39.6 Å². The van der Waals surface area contributed by atoms with Crippen LogP contribution in [0.1, 0.15) is 79.0 Å². The largest absolute Gasteiger partial charge is 0.459 e. The number of rotatable bonds is 15. The average molecular weight is 791 g/mol. The minimum absolute atomic E-state index is 0.0230. The number of aliphatic hydroxyl groups excluding tert-OH is 1. The van der Waals surface area contributed by atoms with E-state index >= 15 is 0 Å². The molecule has 20 heteroatoms. The molecule has 17 nitrogen and oxygen atoms in total. The number of aliphatic hydroxyl groups is 1. The molecule has 3 heterocycles. The molecule has 1 saturated carbocycles. The van der Waals surface area contributed by atoms with Crippen molar-refractivity contribution in [2.45, 2.75) is 97.8 Å². The quantitative estimate of drug-likeness (QED) is 0.0635. The van der Waals surface area contributed by atoms with Crippen molar-refractivity contribution in [2.75, 3.05) is 30.1 Å². The standard InChI is InChI=1S/C32H44ClN4O13PS/c1-31(2,3)29(40)46-16-48-51(42,49-17-47-30(41)32(4,5)6)18-52(43,44)14-22-25(45-15-38)24(39)28(50-22)37-12-11-20-23(35-19-9-7-8-10-19)21(13-34)26(33)36-27(20)37/h11-12,15,19,22,24-25,28,39H,7-10,14,16-18H2,1-6H3,(H,35,36)/t22-,24-,25-,28-/m1/s1. The number of hydrogen-bond acceptors (Lipinski definition) is 16. The molecule has 2 N–H and O–H groups in total. The number of carbonyl (C=O) groups excluding carboxylic acids is 3. The molecule has 0 unspecified atom stereocenters. The first-order valence-corrected chi connectivity index (χ1v) is 20.3. The Morgan fingerprint density at radius 3 is 2.23 bits per heavy atom. The molecule has 0 aromatic carbocycles. The first-order valence-electron chi connectivity index (χ1n) is 16.4. The molecule has 4 rings (SSSR count). The molecule has 1 aliphatic carbocycles. The van der Waals surface area contributed by atoms with E-state index in [1.165, 1.54) is 10.8 Å². The highest BCUT2D eigenvalue weighted by Crippen LogP contribution is 2.50. The maximum Gasteiger partial charge on any atom is 0.351 e. The topological polar surface area (TPSA) is 232 Å². The SMILES string of the molecule is CC(C)(C)C(=O)OCOP(=O)(CS(=O)(=O)C[C@H]1O[C@@H](n2ccc3c(NC4CCCC4)c(C#N)c(Cl)nc32)[C@H](O)[C@@H]1OC=O)OCOC(=O)C(C)(C)C. The summed E-state index contributed by atoms with van der Waals surface area (Å²) in [6.45, 7) is 7.46. The van der Waals surface area contributed by atoms with Gasteiger partial charge in [-0.15, -0.1) is 0 Å². The van der Waals surface area contributed by atoms with E-state index in [1.54, 1.807) is 47.6 Å². The van der Waals surface area contributed by atoms with Gasteiger partial charge >= 0.3 is 19.5 Å². The Morgan fingerprint density at radius 2 is 1.71 bits per heavy atom. The molecule has 1 saturated heterocycles. The van der Waals surface area contributed by atoms with Crippen molar-refractivity contribution in [3.05, 3.63) is 23.0 Å². The van der Waals surface area contributed by atoms with Crippen LogP contribution < -0.4 is 5.32 Å². The summed E-state index contributed by atoms with van der Waals surface area (Å²) in [5.41, 5.74) is -2.45. The maximum atomic E-state index is 13.7. The zero-order valence-electron chi connectivity index (χ0n) is 29.7. The second kappa shape index (κ2) is 16.4. The summed E-state index contributed by atoms with van der Waals surface area (Å²) >= 11 is 6.43. The number of anilines is 1. The Hall–Kier alpha value is -3.30. The monoisotopic (exact) mass is 790 g/mol. The van der Waals surface area contributed by atoms with Crippen LogP contribution in [0.2, 0.25) is 5.15 Å². The third-order valence-corrected chi connectivity index (χ3v) is 13.3. The molecule has 4 atom stereocenters. The molecule has 288 valence electrons. The van der Waals surface area contributed by atoms with Gasteiger partial charge < -0.3 is 33.9 Å². The summed E-state index contributed by atoms with van der Waals surface area (Å²) in [5.74, 6) is -2.44. The van der Waals surface area contributed by atoms with Gasteiger partial charge in [0.2, 0.25) is 13.6 Å². The van der Waals surface area contributed by atoms with Crippen LogP contribution in [-0.2, 0) is 56.8 Å². The minimum atomic E-state index is -4.73. The number of nitrogens with zero attached hydrogens (tertiary/aromatic N) is 3. The van der Waals surface area contributed by atoms with Gasteiger partial charge in [0.15, 0.2) is 32.8 Å². The molecular formula is C32H44ClN4O13PS. The summed E-state index contributed by atoms with van der Waals surface area (Å²) in [7, 11) is -9.27. The average Bonchev–Trinajstić information content (AvgIpc) is 3.76. The van der Waals surface area contributed by atoms with Crippen LogP contribution in [0.5, 0.6) is 0 Å². The number of nitriles is 1. The van der Waals surface area contributed by atoms with Crippen molar-refractivity contribution < 1.29 is 60.5 Å². The second-order valence-corrected chi connectivity index (χ2v) is 19.6. The predicted octanol–water partition coefficient (Wildman–Crippen LogP) is 4.41. The van der Waals surface area contributed by atoms with E-state index in [0.717, 1.165) is 25.7 Å². The minimum Gasteiger partial charge on any atom is -0.459 e. The summed E-state index contributed by atoms with van der Waals surface area (Å²) < 4.78 is 73.6. The molecule has 2 aliphatic rings. The van der Waals surface area contributed by atoms with Crippen molar-refractivity contribution in [3.63, 3.8) is 0 Å². The van der Waals surface area contributed by atoms with Gasteiger partial charge in [-0.3, -0.25) is 28.0 Å². The number of nitrogens with one attached hydrogen (secondary N) is 1. The fourth-order valence-corrected chi connectivity index (χ4v) is 10.0. The Bertz CT molecular complexity index is 1810. The lowest BCUT2D eigenvalue weighted by Gasteiger charge is -2.23. The van der Waals surface area contributed by atoms with Crippen molar-refractivity contribution in [2.24, 2.45) is 10.8 Å². The lowest BCUT2D eigenvalue weighted by atomic mass is 9.98. The maximum absolute atomic E-state index is 13.7. The Kier molecular flexibility index (Phi) is 13.1. The highest BCUT2D eigenvalue weighted by Gasteiger charge is 2.49. The van der Waals surface area contributed by atoms with E-state index in [0.29, 0.717) is 11.1 Å². The van der Waals surface area contributed by atoms with Crippen molar-refractivity contribution in [3.8, 4) is 6.07 Å². The van der Waals surface area contributed by atoms with Crippen LogP contribution in [-0.4, -0.2) is 90.7 Å². The molecule has 0 bridgehead atoms. The van der Waals surface area contributed by atoms with Gasteiger partial charge in [0.25, 0.3) is 6.47 Å². The number of halogens is 1. The highest BCUT2D eigenvalue weighted by molar-refractivity contribution is 7.97. The van der Waals surface area contributed by atoms with Crippen LogP contribution in [0.15, 0.2) is 12.3 Å². The van der Waals surface area contributed by atoms with Crippen LogP contribution in [0.3, 0.4) is 0 Å². The van der Waals surface area contributed by atoms with Gasteiger partial charge in [-0.1, -0.05) is 24.4 Å². The van der Waals surface area contributed by atoms with Crippen LogP contribution >= 0.6 is 19.2 Å². The molecule has 52 heavy (non-hydrogen) atoms. The zero-order valence-corrected chi connectivity index (χ0v) is 32.2. The predicted molar refractivity (Wildman–Crippen MR) is 185 cm³/mol. The first kappa shape index (κ1) is 41.5. The Labute approximate surface area is 306 Å². The molecule has 0 spiro atoms. The van der Waals surface area contributed by atoms with Gasteiger partial charge in [-0.05, 0) is 60.5 Å². The zero-order chi connectivity index (χ0) is 38.6. The lowest BCUT2D eigenvalue weighted by molar-refractivity contribution is -0.162. The number of carbonyl (C=O) groups is 3. The van der Waals surface area contributed by atoms with Gasteiger partial charge in [-0.2, -0.15) is 5.26 Å². The normalized spacial score (nSPS) is 21.5. The molecule has 2 fully saturated rings. The number of sulfone groups is 1. The number of esters is 2. The fraction of sp³-hybridized carbons (Fsp3) is 0.656. The number of pyridine rings is 1. The van der Waals surface area contributed by atoms with Gasteiger partial charge in [0.1, 0.15) is 29.5 Å². The van der Waals surface area contributed by atoms with Crippen LogP contribution in [0, 0.1) is 22.2 Å². The summed E-state index contributed by atoms with van der Waals surface area (Å²) in [5, 5.41) is 24.9. The third-order valence-electron chi connectivity index (χ3n) is 8.31. The number of hydrogen-bond donors (Lipinski definition) is 2. The van der Waals surface area contributed by atoms with Crippen molar-refractivity contribution in [1.82, 2.24) is 9.55 Å². The van der Waals surface area contributed by atoms with Gasteiger partial charge in [0.05, 0.1) is 22.3 Å². The van der Waals surface area contributed by atoms with E-state index in [9.17, 15) is 37.7 Å². The third kappa shape index (κ3) is 10.0. The summed E-state index contributed by atoms with van der Waals surface area (Å²) in [6, 6.07) is 3.81. The Morgan fingerprint density at radius 1 is 1.13 bits per heavy atom. The van der Waals surface area contributed by atoms with Crippen LogP contribution in [0.25, 0.3) is 11.0 Å². The number of fused-ring (bicyclic) bond motifs is 1. The van der Waals surface area contributed by atoms with E-state index in [1.807, 2.05) is 0 Å². The first-order chi connectivity index (χ1) is 24.2. The smallest absolute Gasteiger partial charge is 0.351 e. The number of ether oxygens (including phenoxy) is 4. The van der Waals surface area contributed by atoms with Gasteiger partial charge in [-0.25, -0.2) is 13.4 Å². The van der Waals surface area contributed by atoms with Crippen molar-refractivity contribution >= 4 is 64.2 Å². The lowest BCUT2D eigenvalue weighted by Crippen LogP contribution is -2.38. The molecule has 2 aromatic rings. The van der Waals surface area contributed by atoms with Gasteiger partial charge in [0, 0.05) is 17.6 Å².